The lowest BCUT2D eigenvalue weighted by Gasteiger charge is -2.19. The van der Waals surface area contributed by atoms with Crippen molar-refractivity contribution in [3.05, 3.63) is 93.1 Å². The lowest BCUT2D eigenvalue weighted by molar-refractivity contribution is -0.141. The number of amides is 1. The molecule has 140 valence electrons. The number of hydrogen-bond acceptors (Lipinski definition) is 2. The minimum absolute atomic E-state index is 0.244. The first-order chi connectivity index (χ1) is 13.5. The Morgan fingerprint density at radius 2 is 1.43 bits per heavy atom. The van der Waals surface area contributed by atoms with E-state index in [0.717, 1.165) is 31.4 Å². The van der Waals surface area contributed by atoms with Crippen molar-refractivity contribution in [1.82, 2.24) is 5.32 Å². The summed E-state index contributed by atoms with van der Waals surface area (Å²) in [7, 11) is 0. The van der Waals surface area contributed by atoms with Gasteiger partial charge in [-0.15, -0.1) is 0 Å². The van der Waals surface area contributed by atoms with E-state index >= 15 is 0 Å². The van der Waals surface area contributed by atoms with Gasteiger partial charge in [0.1, 0.15) is 6.04 Å². The van der Waals surface area contributed by atoms with Gasteiger partial charge >= 0.3 is 5.97 Å². The third-order valence-electron chi connectivity index (χ3n) is 5.06. The third-order valence-corrected chi connectivity index (χ3v) is 5.78. The number of benzene rings is 3. The highest BCUT2D eigenvalue weighted by Gasteiger charge is 2.35. The van der Waals surface area contributed by atoms with Gasteiger partial charge in [0.05, 0.1) is 5.92 Å². The topological polar surface area (TPSA) is 66.4 Å². The molecule has 0 unspecified atom stereocenters. The summed E-state index contributed by atoms with van der Waals surface area (Å²) >= 11 is 2.20. The van der Waals surface area contributed by atoms with E-state index in [1.807, 2.05) is 72.8 Å². The molecule has 0 bridgehead atoms. The fourth-order valence-electron chi connectivity index (χ4n) is 3.75. The van der Waals surface area contributed by atoms with E-state index in [1.54, 1.807) is 0 Å². The molecule has 1 amide bonds. The molecule has 28 heavy (non-hydrogen) atoms. The van der Waals surface area contributed by atoms with Crippen LogP contribution in [0, 0.1) is 3.57 Å². The Labute approximate surface area is 176 Å². The summed E-state index contributed by atoms with van der Waals surface area (Å²) < 4.78 is 1.08. The monoisotopic (exact) mass is 483 g/mol. The van der Waals surface area contributed by atoms with Gasteiger partial charge in [-0.1, -0.05) is 60.7 Å². The molecule has 0 heterocycles. The van der Waals surface area contributed by atoms with Crippen molar-refractivity contribution in [2.24, 2.45) is 0 Å². The number of rotatable bonds is 5. The smallest absolute Gasteiger partial charge is 0.326 e. The van der Waals surface area contributed by atoms with Gasteiger partial charge in [0, 0.05) is 9.99 Å². The Hall–Kier alpha value is -2.67. The summed E-state index contributed by atoms with van der Waals surface area (Å²) in [6, 6.07) is 22.3. The summed E-state index contributed by atoms with van der Waals surface area (Å²) in [5.74, 6) is -1.81. The van der Waals surface area contributed by atoms with Crippen LogP contribution in [-0.2, 0) is 16.0 Å². The summed E-state index contributed by atoms with van der Waals surface area (Å²) in [6.45, 7) is 0. The number of fused-ring (bicyclic) bond motifs is 3. The fourth-order valence-corrected chi connectivity index (χ4v) is 4.11. The predicted molar refractivity (Wildman–Crippen MR) is 116 cm³/mol. The molecule has 3 aromatic rings. The van der Waals surface area contributed by atoms with Crippen LogP contribution in [0.5, 0.6) is 0 Å². The average Bonchev–Trinajstić information content (AvgIpc) is 3.03. The van der Waals surface area contributed by atoms with E-state index < -0.39 is 17.9 Å². The zero-order valence-corrected chi connectivity index (χ0v) is 17.1. The number of halogens is 1. The van der Waals surface area contributed by atoms with Gasteiger partial charge in [-0.3, -0.25) is 4.79 Å². The van der Waals surface area contributed by atoms with Gasteiger partial charge in [-0.25, -0.2) is 4.79 Å². The maximum absolute atomic E-state index is 13.2. The van der Waals surface area contributed by atoms with E-state index in [-0.39, 0.29) is 12.3 Å². The van der Waals surface area contributed by atoms with Crippen molar-refractivity contribution >= 4 is 34.5 Å². The number of carbonyl (C=O) groups excluding carboxylic acids is 1. The number of carbonyl (C=O) groups is 2. The minimum atomic E-state index is -1.04. The van der Waals surface area contributed by atoms with Gasteiger partial charge in [0.15, 0.2) is 0 Å². The summed E-state index contributed by atoms with van der Waals surface area (Å²) in [4.78, 5) is 25.0. The first kappa shape index (κ1) is 18.7. The Bertz CT molecular complexity index is 1000. The quantitative estimate of drug-likeness (QED) is 0.535. The molecule has 5 heteroatoms. The molecule has 1 atom stereocenters. The van der Waals surface area contributed by atoms with Crippen molar-refractivity contribution < 1.29 is 14.7 Å². The molecule has 0 aromatic heterocycles. The number of carboxylic acids is 1. The van der Waals surface area contributed by atoms with Gasteiger partial charge in [-0.2, -0.15) is 0 Å². The Balaban J connectivity index is 1.61. The van der Waals surface area contributed by atoms with Crippen LogP contribution in [0.4, 0.5) is 0 Å². The molecule has 0 radical (unpaired) electrons. The van der Waals surface area contributed by atoms with Crippen LogP contribution in [0.2, 0.25) is 0 Å². The van der Waals surface area contributed by atoms with Gasteiger partial charge < -0.3 is 10.4 Å². The van der Waals surface area contributed by atoms with Crippen LogP contribution >= 0.6 is 22.6 Å². The molecule has 0 spiro atoms. The zero-order valence-electron chi connectivity index (χ0n) is 14.9. The first-order valence-electron chi connectivity index (χ1n) is 9.00. The third kappa shape index (κ3) is 3.54. The fraction of sp³-hybridized carbons (Fsp3) is 0.130. The first-order valence-corrected chi connectivity index (χ1v) is 10.1. The molecule has 0 aliphatic heterocycles. The maximum Gasteiger partial charge on any atom is 0.326 e. The van der Waals surface area contributed by atoms with Gasteiger partial charge in [0.25, 0.3) is 0 Å². The molecule has 1 aliphatic rings. The van der Waals surface area contributed by atoms with Crippen molar-refractivity contribution in [3.63, 3.8) is 0 Å². The minimum Gasteiger partial charge on any atom is -0.480 e. The number of nitrogens with one attached hydrogen (secondary N) is 1. The number of aliphatic carboxylic acids is 1. The largest absolute Gasteiger partial charge is 0.480 e. The molecule has 2 N–H and O–H groups in total. The van der Waals surface area contributed by atoms with Crippen molar-refractivity contribution in [2.45, 2.75) is 18.4 Å². The van der Waals surface area contributed by atoms with Gasteiger partial charge in [0.2, 0.25) is 5.91 Å². The SMILES string of the molecule is O=C(N[C@@H](Cc1ccc(I)cc1)C(=O)O)C1c2ccccc2-c2ccccc21. The van der Waals surface area contributed by atoms with Crippen LogP contribution in [0.25, 0.3) is 11.1 Å². The Kier molecular flexibility index (Phi) is 5.17. The van der Waals surface area contributed by atoms with Crippen LogP contribution in [-0.4, -0.2) is 23.0 Å². The predicted octanol–water partition coefficient (Wildman–Crippen LogP) is 4.22. The van der Waals surface area contributed by atoms with E-state index in [9.17, 15) is 14.7 Å². The molecule has 0 saturated carbocycles. The van der Waals surface area contributed by atoms with Crippen LogP contribution < -0.4 is 5.32 Å². The van der Waals surface area contributed by atoms with E-state index in [1.165, 1.54) is 0 Å². The van der Waals surface area contributed by atoms with E-state index in [2.05, 4.69) is 27.9 Å². The summed E-state index contributed by atoms with van der Waals surface area (Å²) in [6.07, 6.45) is 0.244. The highest BCUT2D eigenvalue weighted by Crippen LogP contribution is 2.44. The second kappa shape index (κ2) is 7.75. The molecular weight excluding hydrogens is 465 g/mol. The zero-order chi connectivity index (χ0) is 19.7. The van der Waals surface area contributed by atoms with Crippen molar-refractivity contribution in [3.8, 4) is 11.1 Å². The molecule has 4 nitrogen and oxygen atoms in total. The second-order valence-corrected chi connectivity index (χ2v) is 8.08. The van der Waals surface area contributed by atoms with Crippen LogP contribution in [0.3, 0.4) is 0 Å². The molecular formula is C23H18INO3. The lowest BCUT2D eigenvalue weighted by atomic mass is 9.95. The highest BCUT2D eigenvalue weighted by atomic mass is 127. The van der Waals surface area contributed by atoms with Crippen molar-refractivity contribution in [2.75, 3.05) is 0 Å². The van der Waals surface area contributed by atoms with Crippen LogP contribution in [0.1, 0.15) is 22.6 Å². The number of hydrogen-bond donors (Lipinski definition) is 2. The molecule has 3 aromatic carbocycles. The maximum atomic E-state index is 13.2. The van der Waals surface area contributed by atoms with Gasteiger partial charge in [-0.05, 0) is 62.5 Å². The van der Waals surface area contributed by atoms with E-state index in [0.29, 0.717) is 0 Å². The second-order valence-electron chi connectivity index (χ2n) is 6.84. The Morgan fingerprint density at radius 1 is 0.893 bits per heavy atom. The molecule has 0 saturated heterocycles. The van der Waals surface area contributed by atoms with E-state index in [4.69, 9.17) is 0 Å². The van der Waals surface area contributed by atoms with Crippen molar-refractivity contribution in [1.29, 1.82) is 0 Å². The molecule has 0 fully saturated rings. The normalized spacial score (nSPS) is 13.5. The van der Waals surface area contributed by atoms with Crippen LogP contribution in [0.15, 0.2) is 72.8 Å². The number of carboxylic acid groups (broad SMARTS) is 1. The molecule has 4 rings (SSSR count). The summed E-state index contributed by atoms with van der Waals surface area (Å²) in [5, 5.41) is 12.4. The molecule has 1 aliphatic carbocycles. The average molecular weight is 483 g/mol. The standard InChI is InChI=1S/C23H18INO3/c24-15-11-9-14(10-12-15)13-20(23(27)28)25-22(26)21-18-7-3-1-5-16(18)17-6-2-4-8-19(17)21/h1-12,20-21H,13H2,(H,25,26)(H,27,28)/t20-/m0/s1. The summed E-state index contributed by atoms with van der Waals surface area (Å²) in [5.41, 5.74) is 4.77. The highest BCUT2D eigenvalue weighted by molar-refractivity contribution is 14.1. The lowest BCUT2D eigenvalue weighted by Crippen LogP contribution is -2.44. The Morgan fingerprint density at radius 3 is 1.96 bits per heavy atom.